The van der Waals surface area contributed by atoms with Crippen molar-refractivity contribution in [3.05, 3.63) is 271 Å². The fourth-order valence-corrected chi connectivity index (χ4v) is 11.8. The normalized spacial score (nSPS) is 14.3. The highest BCUT2D eigenvalue weighted by Crippen LogP contribution is 2.66. The smallest absolute Gasteiger partial charge is 0.143 e. The van der Waals surface area contributed by atoms with Crippen LogP contribution in [-0.4, -0.2) is 0 Å². The van der Waals surface area contributed by atoms with Gasteiger partial charge in [-0.15, -0.1) is 0 Å². The molecule has 0 saturated heterocycles. The summed E-state index contributed by atoms with van der Waals surface area (Å²) >= 11 is 0. The fourth-order valence-electron chi connectivity index (χ4n) is 11.8. The van der Waals surface area contributed by atoms with Crippen LogP contribution in [0.5, 0.6) is 0 Å². The number of hydrogen-bond acceptors (Lipinski definition) is 2. The van der Waals surface area contributed by atoms with Crippen molar-refractivity contribution in [2.24, 2.45) is 0 Å². The largest absolute Gasteiger partial charge is 0.455 e. The van der Waals surface area contributed by atoms with Crippen molar-refractivity contribution >= 4 is 49.8 Å². The van der Waals surface area contributed by atoms with Crippen LogP contribution in [0.4, 0.5) is 17.1 Å². The first-order valence-corrected chi connectivity index (χ1v) is 23.2. The lowest BCUT2D eigenvalue weighted by atomic mass is 9.70. The lowest BCUT2D eigenvalue weighted by molar-refractivity contribution is 0.672. The van der Waals surface area contributed by atoms with E-state index in [1.165, 1.54) is 66.8 Å². The number of benzene rings is 11. The van der Waals surface area contributed by atoms with Crippen molar-refractivity contribution in [3.8, 4) is 55.6 Å². The van der Waals surface area contributed by atoms with E-state index in [2.05, 4.69) is 248 Å². The molecule has 2 heteroatoms. The number of anilines is 3. The van der Waals surface area contributed by atoms with Crippen LogP contribution in [0.25, 0.3) is 88.3 Å². The SMILES string of the molecule is c1ccc(-c2ccc(N(c3ccccc3-c3cccc4c3ccc3c5ccccc5oc43)c3cccc4c3-c3ccccc3C43c4ccccc4-c4c(-c5ccccc5)cccc43)cc2)cc1. The zero-order valence-electron chi connectivity index (χ0n) is 36.5. The van der Waals surface area contributed by atoms with E-state index in [4.69, 9.17) is 4.42 Å². The molecule has 0 saturated carbocycles. The van der Waals surface area contributed by atoms with Crippen LogP contribution in [0.3, 0.4) is 0 Å². The molecular formula is C65H41NO. The molecule has 0 aliphatic heterocycles. The molecule has 0 bridgehead atoms. The van der Waals surface area contributed by atoms with Gasteiger partial charge in [0.05, 0.1) is 16.8 Å². The third kappa shape index (κ3) is 5.39. The highest BCUT2D eigenvalue weighted by Gasteiger charge is 2.53. The van der Waals surface area contributed by atoms with E-state index in [9.17, 15) is 0 Å². The van der Waals surface area contributed by atoms with Gasteiger partial charge in [-0.3, -0.25) is 0 Å². The Balaban J connectivity index is 1.04. The van der Waals surface area contributed by atoms with E-state index in [0.717, 1.165) is 60.9 Å². The molecule has 1 unspecified atom stereocenters. The molecule has 1 heterocycles. The van der Waals surface area contributed by atoms with Gasteiger partial charge in [-0.05, 0) is 109 Å². The maximum absolute atomic E-state index is 6.62. The van der Waals surface area contributed by atoms with Crippen molar-refractivity contribution in [3.63, 3.8) is 0 Å². The number of hydrogen-bond donors (Lipinski definition) is 0. The molecule has 11 aromatic carbocycles. The molecule has 67 heavy (non-hydrogen) atoms. The van der Waals surface area contributed by atoms with Crippen LogP contribution in [0.1, 0.15) is 22.3 Å². The topological polar surface area (TPSA) is 16.4 Å². The van der Waals surface area contributed by atoms with Crippen LogP contribution < -0.4 is 4.90 Å². The van der Waals surface area contributed by atoms with Crippen molar-refractivity contribution in [2.75, 3.05) is 4.90 Å². The second-order valence-corrected chi connectivity index (χ2v) is 17.8. The molecular weight excluding hydrogens is 811 g/mol. The molecule has 1 atom stereocenters. The number of rotatable bonds is 6. The highest BCUT2D eigenvalue weighted by molar-refractivity contribution is 6.18. The monoisotopic (exact) mass is 851 g/mol. The number of nitrogens with zero attached hydrogens (tertiary/aromatic N) is 1. The Morgan fingerprint density at radius 1 is 0.284 bits per heavy atom. The van der Waals surface area contributed by atoms with Gasteiger partial charge < -0.3 is 9.32 Å². The third-order valence-corrected chi connectivity index (χ3v) is 14.5. The molecule has 312 valence electrons. The summed E-state index contributed by atoms with van der Waals surface area (Å²) in [6.07, 6.45) is 0. The summed E-state index contributed by atoms with van der Waals surface area (Å²) in [7, 11) is 0. The molecule has 0 amide bonds. The lowest BCUT2D eigenvalue weighted by Crippen LogP contribution is -2.26. The summed E-state index contributed by atoms with van der Waals surface area (Å²) in [5.41, 5.74) is 22.1. The van der Waals surface area contributed by atoms with Crippen molar-refractivity contribution in [1.29, 1.82) is 0 Å². The summed E-state index contributed by atoms with van der Waals surface area (Å²) in [6, 6.07) is 91.3. The van der Waals surface area contributed by atoms with E-state index >= 15 is 0 Å². The van der Waals surface area contributed by atoms with E-state index in [1.54, 1.807) is 0 Å². The Bertz CT molecular complexity index is 3920. The number of furan rings is 1. The van der Waals surface area contributed by atoms with Crippen LogP contribution >= 0.6 is 0 Å². The zero-order valence-corrected chi connectivity index (χ0v) is 36.5. The van der Waals surface area contributed by atoms with Crippen molar-refractivity contribution in [1.82, 2.24) is 0 Å². The standard InChI is InChI=1S/C65H41NO/c1-3-18-42(19-4-1)43-36-38-45(39-37-43)66(59-33-13-9-22-49(59)47-27-15-28-51-48(47)40-41-52-50-23-10-14-35-61(50)67-64(51)52)60-34-17-32-58-63(60)54-25-8-12-30-56(54)65(58)55-29-11-7-24-53(55)62-46(26-16-31-57(62)65)44-20-5-2-6-21-44/h1-41H. The molecule has 0 radical (unpaired) electrons. The summed E-state index contributed by atoms with van der Waals surface area (Å²) in [4.78, 5) is 2.51. The van der Waals surface area contributed by atoms with E-state index in [1.807, 2.05) is 6.07 Å². The van der Waals surface area contributed by atoms with E-state index < -0.39 is 5.41 Å². The van der Waals surface area contributed by atoms with Crippen molar-refractivity contribution in [2.45, 2.75) is 5.41 Å². The van der Waals surface area contributed by atoms with Gasteiger partial charge in [0.2, 0.25) is 0 Å². The van der Waals surface area contributed by atoms with Crippen LogP contribution in [-0.2, 0) is 5.41 Å². The molecule has 0 fully saturated rings. The molecule has 2 nitrogen and oxygen atoms in total. The van der Waals surface area contributed by atoms with Crippen LogP contribution in [0.15, 0.2) is 253 Å². The Labute approximate surface area is 389 Å². The first-order valence-electron chi connectivity index (χ1n) is 23.2. The van der Waals surface area contributed by atoms with E-state index in [0.29, 0.717) is 0 Å². The molecule has 12 aromatic rings. The van der Waals surface area contributed by atoms with Gasteiger partial charge in [-0.2, -0.15) is 0 Å². The van der Waals surface area contributed by atoms with E-state index in [-0.39, 0.29) is 0 Å². The Hall–Kier alpha value is -8.72. The predicted molar refractivity (Wildman–Crippen MR) is 279 cm³/mol. The lowest BCUT2D eigenvalue weighted by Gasteiger charge is -2.32. The second-order valence-electron chi connectivity index (χ2n) is 17.8. The molecule has 2 aliphatic carbocycles. The van der Waals surface area contributed by atoms with Crippen LogP contribution in [0, 0.1) is 0 Å². The molecule has 0 N–H and O–H groups in total. The van der Waals surface area contributed by atoms with Crippen molar-refractivity contribution < 1.29 is 4.42 Å². The van der Waals surface area contributed by atoms with Gasteiger partial charge in [0.15, 0.2) is 0 Å². The second kappa shape index (κ2) is 14.7. The third-order valence-electron chi connectivity index (χ3n) is 14.5. The van der Waals surface area contributed by atoms with Gasteiger partial charge in [0, 0.05) is 33.0 Å². The first-order chi connectivity index (χ1) is 33.3. The Kier molecular flexibility index (Phi) is 8.23. The number of para-hydroxylation sites is 2. The summed E-state index contributed by atoms with van der Waals surface area (Å²) in [5.74, 6) is 0. The first kappa shape index (κ1) is 37.6. The summed E-state index contributed by atoms with van der Waals surface area (Å²) < 4.78 is 6.62. The molecule has 1 aromatic heterocycles. The van der Waals surface area contributed by atoms with Gasteiger partial charge in [-0.25, -0.2) is 0 Å². The maximum atomic E-state index is 6.62. The predicted octanol–water partition coefficient (Wildman–Crippen LogP) is 17.6. The van der Waals surface area contributed by atoms with Gasteiger partial charge in [0.25, 0.3) is 0 Å². The summed E-state index contributed by atoms with van der Waals surface area (Å²) in [5, 5.41) is 4.52. The average molecular weight is 852 g/mol. The maximum Gasteiger partial charge on any atom is 0.143 e. The fraction of sp³-hybridized carbons (Fsp3) is 0.0154. The minimum absolute atomic E-state index is 0.533. The quantitative estimate of drug-likeness (QED) is 0.166. The minimum Gasteiger partial charge on any atom is -0.455 e. The molecule has 14 rings (SSSR count). The summed E-state index contributed by atoms with van der Waals surface area (Å²) in [6.45, 7) is 0. The molecule has 1 spiro atoms. The van der Waals surface area contributed by atoms with Gasteiger partial charge in [0.1, 0.15) is 11.2 Å². The minimum atomic E-state index is -0.533. The Morgan fingerprint density at radius 3 is 1.55 bits per heavy atom. The number of fused-ring (bicyclic) bond motifs is 15. The zero-order chi connectivity index (χ0) is 44.1. The van der Waals surface area contributed by atoms with Gasteiger partial charge in [-0.1, -0.05) is 212 Å². The Morgan fingerprint density at radius 2 is 0.776 bits per heavy atom. The highest BCUT2D eigenvalue weighted by atomic mass is 16.3. The molecule has 2 aliphatic rings. The van der Waals surface area contributed by atoms with Gasteiger partial charge >= 0.3 is 0 Å². The van der Waals surface area contributed by atoms with Crippen LogP contribution in [0.2, 0.25) is 0 Å². The average Bonchev–Trinajstić information content (AvgIpc) is 4.04.